The van der Waals surface area contributed by atoms with Crippen LogP contribution in [0.5, 0.6) is 11.5 Å². The molecule has 0 bridgehead atoms. The van der Waals surface area contributed by atoms with Crippen LogP contribution in [0.25, 0.3) is 6.08 Å². The van der Waals surface area contributed by atoms with E-state index < -0.39 is 0 Å². The van der Waals surface area contributed by atoms with Crippen LogP contribution >= 0.6 is 0 Å². The Hall–Kier alpha value is -2.48. The van der Waals surface area contributed by atoms with E-state index in [9.17, 15) is 9.90 Å². The van der Waals surface area contributed by atoms with E-state index >= 15 is 0 Å². The molecule has 0 spiro atoms. The summed E-state index contributed by atoms with van der Waals surface area (Å²) < 4.78 is 4.96. The van der Waals surface area contributed by atoms with Gasteiger partial charge in [-0.15, -0.1) is 0 Å². The van der Waals surface area contributed by atoms with E-state index in [-0.39, 0.29) is 17.2 Å². The molecule has 5 heteroatoms. The zero-order chi connectivity index (χ0) is 17.8. The SMILES string of the molecule is CCCCCCCCNC(=O)/C(C#N)=C\c1ccc(OC)c(O)c1. The van der Waals surface area contributed by atoms with E-state index in [0.29, 0.717) is 17.9 Å². The van der Waals surface area contributed by atoms with Crippen molar-refractivity contribution in [2.75, 3.05) is 13.7 Å². The number of nitrogens with one attached hydrogen (secondary N) is 1. The highest BCUT2D eigenvalue weighted by Gasteiger charge is 2.09. The lowest BCUT2D eigenvalue weighted by Gasteiger charge is -2.06. The Morgan fingerprint density at radius 2 is 2.00 bits per heavy atom. The summed E-state index contributed by atoms with van der Waals surface area (Å²) in [6.07, 6.45) is 8.33. The normalized spacial score (nSPS) is 11.0. The van der Waals surface area contributed by atoms with E-state index in [1.165, 1.54) is 44.9 Å². The molecule has 0 heterocycles. The van der Waals surface area contributed by atoms with Crippen LogP contribution in [0.15, 0.2) is 23.8 Å². The summed E-state index contributed by atoms with van der Waals surface area (Å²) >= 11 is 0. The molecule has 0 saturated carbocycles. The lowest BCUT2D eigenvalue weighted by molar-refractivity contribution is -0.117. The summed E-state index contributed by atoms with van der Waals surface area (Å²) in [6, 6.07) is 6.62. The predicted octanol–water partition coefficient (Wildman–Crippen LogP) is 3.78. The Balaban J connectivity index is 2.51. The number of benzene rings is 1. The van der Waals surface area contributed by atoms with Crippen molar-refractivity contribution in [2.24, 2.45) is 0 Å². The number of ether oxygens (including phenoxy) is 1. The molecule has 0 radical (unpaired) electrons. The Morgan fingerprint density at radius 3 is 2.62 bits per heavy atom. The number of phenols is 1. The molecule has 24 heavy (non-hydrogen) atoms. The number of hydrogen-bond donors (Lipinski definition) is 2. The van der Waals surface area contributed by atoms with Gasteiger partial charge in [0.2, 0.25) is 0 Å². The van der Waals surface area contributed by atoms with Crippen LogP contribution in [0, 0.1) is 11.3 Å². The first-order chi connectivity index (χ1) is 11.6. The zero-order valence-corrected chi connectivity index (χ0v) is 14.5. The summed E-state index contributed by atoms with van der Waals surface area (Å²) in [7, 11) is 1.46. The number of aromatic hydroxyl groups is 1. The van der Waals surface area contributed by atoms with E-state index in [2.05, 4.69) is 12.2 Å². The second kappa shape index (κ2) is 11.1. The molecule has 0 aromatic heterocycles. The fourth-order valence-corrected chi connectivity index (χ4v) is 2.31. The fraction of sp³-hybridized carbons (Fsp3) is 0.474. The largest absolute Gasteiger partial charge is 0.504 e. The standard InChI is InChI=1S/C19H26N2O3/c1-3-4-5-6-7-8-11-21-19(23)16(14-20)12-15-9-10-18(24-2)17(22)13-15/h9-10,12-13,22H,3-8,11H2,1-2H3,(H,21,23)/b16-12-. The molecule has 1 aromatic rings. The molecular formula is C19H26N2O3. The van der Waals surface area contributed by atoms with Crippen molar-refractivity contribution in [3.63, 3.8) is 0 Å². The van der Waals surface area contributed by atoms with Gasteiger partial charge in [0.25, 0.3) is 5.91 Å². The van der Waals surface area contributed by atoms with Gasteiger partial charge in [0, 0.05) is 6.54 Å². The number of unbranched alkanes of at least 4 members (excludes halogenated alkanes) is 5. The van der Waals surface area contributed by atoms with Gasteiger partial charge in [-0.3, -0.25) is 4.79 Å². The summed E-state index contributed by atoms with van der Waals surface area (Å²) in [5, 5.41) is 21.7. The van der Waals surface area contributed by atoms with Crippen LogP contribution in [0.4, 0.5) is 0 Å². The van der Waals surface area contributed by atoms with Crippen LogP contribution in [-0.2, 0) is 4.79 Å². The lowest BCUT2D eigenvalue weighted by Crippen LogP contribution is -2.25. The number of methoxy groups -OCH3 is 1. The summed E-state index contributed by atoms with van der Waals surface area (Å²) in [5.74, 6) is -0.0735. The van der Waals surface area contributed by atoms with E-state index in [0.717, 1.165) is 12.8 Å². The molecule has 1 rings (SSSR count). The molecule has 1 amide bonds. The van der Waals surface area contributed by atoms with Crippen molar-refractivity contribution < 1.29 is 14.6 Å². The highest BCUT2D eigenvalue weighted by Crippen LogP contribution is 2.27. The van der Waals surface area contributed by atoms with Crippen molar-refractivity contribution in [3.05, 3.63) is 29.3 Å². The first-order valence-corrected chi connectivity index (χ1v) is 8.39. The zero-order valence-electron chi connectivity index (χ0n) is 14.5. The average Bonchev–Trinajstić information content (AvgIpc) is 2.58. The first-order valence-electron chi connectivity index (χ1n) is 8.39. The van der Waals surface area contributed by atoms with Crippen molar-refractivity contribution in [3.8, 4) is 17.6 Å². The molecule has 0 unspecified atom stereocenters. The van der Waals surface area contributed by atoms with E-state index in [4.69, 9.17) is 10.00 Å². The maximum absolute atomic E-state index is 12.0. The molecule has 0 fully saturated rings. The van der Waals surface area contributed by atoms with Crippen LogP contribution in [0.1, 0.15) is 51.0 Å². The number of nitriles is 1. The molecule has 0 saturated heterocycles. The van der Waals surface area contributed by atoms with E-state index in [1.54, 1.807) is 12.1 Å². The van der Waals surface area contributed by atoms with Gasteiger partial charge >= 0.3 is 0 Å². The van der Waals surface area contributed by atoms with Crippen molar-refractivity contribution >= 4 is 12.0 Å². The number of nitrogens with zero attached hydrogens (tertiary/aromatic N) is 1. The molecule has 2 N–H and O–H groups in total. The predicted molar refractivity (Wildman–Crippen MR) is 94.6 cm³/mol. The molecule has 1 aromatic carbocycles. The summed E-state index contributed by atoms with van der Waals surface area (Å²) in [6.45, 7) is 2.75. The monoisotopic (exact) mass is 330 g/mol. The average molecular weight is 330 g/mol. The Morgan fingerprint density at radius 1 is 1.29 bits per heavy atom. The quantitative estimate of drug-likeness (QED) is 0.388. The molecule has 5 nitrogen and oxygen atoms in total. The molecule has 0 aliphatic heterocycles. The smallest absolute Gasteiger partial charge is 0.261 e. The van der Waals surface area contributed by atoms with Crippen LogP contribution in [0.3, 0.4) is 0 Å². The third-order valence-electron chi connectivity index (χ3n) is 3.69. The molecule has 0 atom stereocenters. The highest BCUT2D eigenvalue weighted by molar-refractivity contribution is 6.01. The number of phenolic OH excluding ortho intramolecular Hbond substituents is 1. The van der Waals surface area contributed by atoms with Gasteiger partial charge in [0.05, 0.1) is 7.11 Å². The minimum atomic E-state index is -0.388. The second-order valence-corrected chi connectivity index (χ2v) is 5.62. The number of amides is 1. The Kier molecular flexibility index (Phi) is 9.06. The number of hydrogen-bond acceptors (Lipinski definition) is 4. The minimum Gasteiger partial charge on any atom is -0.504 e. The Labute approximate surface area is 143 Å². The maximum atomic E-state index is 12.0. The minimum absolute atomic E-state index is 0.0190. The number of carbonyl (C=O) groups is 1. The number of carbonyl (C=O) groups excluding carboxylic acids is 1. The molecule has 130 valence electrons. The van der Waals surface area contributed by atoms with Gasteiger partial charge < -0.3 is 15.2 Å². The van der Waals surface area contributed by atoms with Gasteiger partial charge in [-0.25, -0.2) is 0 Å². The van der Waals surface area contributed by atoms with Crippen molar-refractivity contribution in [2.45, 2.75) is 45.4 Å². The van der Waals surface area contributed by atoms with Crippen molar-refractivity contribution in [1.82, 2.24) is 5.32 Å². The third kappa shape index (κ3) is 6.74. The lowest BCUT2D eigenvalue weighted by atomic mass is 10.1. The van der Waals surface area contributed by atoms with Gasteiger partial charge in [0.1, 0.15) is 11.6 Å². The van der Waals surface area contributed by atoms with Gasteiger partial charge in [-0.05, 0) is 30.2 Å². The third-order valence-corrected chi connectivity index (χ3v) is 3.69. The van der Waals surface area contributed by atoms with Gasteiger partial charge in [0.15, 0.2) is 11.5 Å². The van der Waals surface area contributed by atoms with Crippen molar-refractivity contribution in [1.29, 1.82) is 5.26 Å². The van der Waals surface area contributed by atoms with Gasteiger partial charge in [-0.2, -0.15) is 5.26 Å². The molecular weight excluding hydrogens is 304 g/mol. The second-order valence-electron chi connectivity index (χ2n) is 5.62. The number of rotatable bonds is 10. The van der Waals surface area contributed by atoms with Crippen LogP contribution in [0.2, 0.25) is 0 Å². The molecule has 0 aliphatic rings. The Bertz CT molecular complexity index is 603. The van der Waals surface area contributed by atoms with Crippen LogP contribution in [-0.4, -0.2) is 24.7 Å². The summed E-state index contributed by atoms with van der Waals surface area (Å²) in [4.78, 5) is 12.0. The fourth-order valence-electron chi connectivity index (χ4n) is 2.31. The van der Waals surface area contributed by atoms with Gasteiger partial charge in [-0.1, -0.05) is 45.1 Å². The molecule has 0 aliphatic carbocycles. The van der Waals surface area contributed by atoms with Crippen LogP contribution < -0.4 is 10.1 Å². The summed E-state index contributed by atoms with van der Waals surface area (Å²) in [5.41, 5.74) is 0.588. The topological polar surface area (TPSA) is 82.4 Å². The first kappa shape index (κ1) is 19.6. The van der Waals surface area contributed by atoms with E-state index in [1.807, 2.05) is 6.07 Å². The maximum Gasteiger partial charge on any atom is 0.261 e. The highest BCUT2D eigenvalue weighted by atomic mass is 16.5.